The third-order valence-electron chi connectivity index (χ3n) is 3.66. The number of aromatic nitrogens is 1. The van der Waals surface area contributed by atoms with E-state index in [9.17, 15) is 0 Å². The van der Waals surface area contributed by atoms with E-state index >= 15 is 0 Å². The van der Waals surface area contributed by atoms with E-state index in [1.165, 1.54) is 28.2 Å². The minimum absolute atomic E-state index is 0.436. The van der Waals surface area contributed by atoms with E-state index in [2.05, 4.69) is 34.7 Å². The molecule has 0 amide bonds. The standard InChI is InChI=1S/C15H18N2OS/c1-10-13(11(2)18-17-10)9-16-14-7-8-19-15-6-4-3-5-12(14)15/h3-6,14,16H,7-9H2,1-2H3. The van der Waals surface area contributed by atoms with Crippen LogP contribution in [0.4, 0.5) is 0 Å². The number of aryl methyl sites for hydroxylation is 2. The average molecular weight is 274 g/mol. The van der Waals surface area contributed by atoms with Gasteiger partial charge in [0.2, 0.25) is 0 Å². The molecule has 1 unspecified atom stereocenters. The summed E-state index contributed by atoms with van der Waals surface area (Å²) in [5.41, 5.74) is 3.60. The molecule has 1 aliphatic rings. The zero-order valence-corrected chi connectivity index (χ0v) is 12.1. The molecule has 3 nitrogen and oxygen atoms in total. The van der Waals surface area contributed by atoms with E-state index in [0.717, 1.165) is 18.0 Å². The molecule has 3 rings (SSSR count). The molecule has 0 fully saturated rings. The highest BCUT2D eigenvalue weighted by Gasteiger charge is 2.20. The molecule has 0 radical (unpaired) electrons. The van der Waals surface area contributed by atoms with E-state index in [1.54, 1.807) is 0 Å². The Labute approximate surface area is 117 Å². The minimum atomic E-state index is 0.436. The molecule has 2 aromatic rings. The van der Waals surface area contributed by atoms with Crippen LogP contribution in [0.3, 0.4) is 0 Å². The number of hydrogen-bond donors (Lipinski definition) is 1. The summed E-state index contributed by atoms with van der Waals surface area (Å²) in [5, 5.41) is 7.65. The van der Waals surface area contributed by atoms with Crippen molar-refractivity contribution in [3.8, 4) is 0 Å². The molecule has 1 atom stereocenters. The number of benzene rings is 1. The van der Waals surface area contributed by atoms with Crippen molar-refractivity contribution in [1.29, 1.82) is 0 Å². The molecule has 100 valence electrons. The first-order valence-electron chi connectivity index (χ1n) is 6.62. The number of thioether (sulfide) groups is 1. The maximum absolute atomic E-state index is 5.21. The van der Waals surface area contributed by atoms with Crippen LogP contribution in [0.25, 0.3) is 0 Å². The molecule has 0 saturated heterocycles. The number of rotatable bonds is 3. The normalized spacial score (nSPS) is 18.3. The van der Waals surface area contributed by atoms with Crippen molar-refractivity contribution in [2.45, 2.75) is 37.8 Å². The van der Waals surface area contributed by atoms with Crippen molar-refractivity contribution in [1.82, 2.24) is 10.5 Å². The van der Waals surface area contributed by atoms with Crippen molar-refractivity contribution < 1.29 is 4.52 Å². The Bertz CT molecular complexity index is 560. The summed E-state index contributed by atoms with van der Waals surface area (Å²) in [5.74, 6) is 2.10. The molecule has 1 aliphatic heterocycles. The van der Waals surface area contributed by atoms with Crippen LogP contribution < -0.4 is 5.32 Å². The first-order valence-corrected chi connectivity index (χ1v) is 7.61. The van der Waals surface area contributed by atoms with Gasteiger partial charge in [0.15, 0.2) is 0 Å². The van der Waals surface area contributed by atoms with Gasteiger partial charge in [0.05, 0.1) is 5.69 Å². The van der Waals surface area contributed by atoms with Crippen LogP contribution in [0.5, 0.6) is 0 Å². The lowest BCUT2D eigenvalue weighted by molar-refractivity contribution is 0.391. The molecule has 1 aromatic carbocycles. The van der Waals surface area contributed by atoms with E-state index < -0.39 is 0 Å². The molecule has 0 spiro atoms. The van der Waals surface area contributed by atoms with E-state index in [1.807, 2.05) is 25.6 Å². The van der Waals surface area contributed by atoms with Crippen LogP contribution in [0, 0.1) is 13.8 Å². The quantitative estimate of drug-likeness (QED) is 0.927. The Kier molecular flexibility index (Phi) is 3.62. The Hall–Kier alpha value is -1.26. The van der Waals surface area contributed by atoms with Gasteiger partial charge < -0.3 is 9.84 Å². The summed E-state index contributed by atoms with van der Waals surface area (Å²) >= 11 is 1.95. The molecule has 19 heavy (non-hydrogen) atoms. The number of nitrogens with one attached hydrogen (secondary N) is 1. The highest BCUT2D eigenvalue weighted by molar-refractivity contribution is 7.99. The molecule has 0 saturated carbocycles. The maximum atomic E-state index is 5.21. The minimum Gasteiger partial charge on any atom is -0.361 e. The summed E-state index contributed by atoms with van der Waals surface area (Å²) in [7, 11) is 0. The second-order valence-electron chi connectivity index (χ2n) is 4.91. The molecule has 0 bridgehead atoms. The first kappa shape index (κ1) is 12.8. The SMILES string of the molecule is Cc1noc(C)c1CNC1CCSc2ccccc21. The van der Waals surface area contributed by atoms with Crippen molar-refractivity contribution in [2.24, 2.45) is 0 Å². The largest absolute Gasteiger partial charge is 0.361 e. The highest BCUT2D eigenvalue weighted by atomic mass is 32.2. The predicted molar refractivity (Wildman–Crippen MR) is 77.3 cm³/mol. The Morgan fingerprint density at radius 2 is 2.21 bits per heavy atom. The maximum Gasteiger partial charge on any atom is 0.138 e. The second kappa shape index (κ2) is 5.39. The summed E-state index contributed by atoms with van der Waals surface area (Å²) in [4.78, 5) is 1.41. The van der Waals surface area contributed by atoms with Crippen molar-refractivity contribution >= 4 is 11.8 Å². The van der Waals surface area contributed by atoms with Crippen molar-refractivity contribution in [3.63, 3.8) is 0 Å². The van der Waals surface area contributed by atoms with E-state index in [-0.39, 0.29) is 0 Å². The van der Waals surface area contributed by atoms with Gasteiger partial charge in [0.25, 0.3) is 0 Å². The van der Waals surface area contributed by atoms with Crippen molar-refractivity contribution in [3.05, 3.63) is 46.8 Å². The van der Waals surface area contributed by atoms with Gasteiger partial charge in [-0.15, -0.1) is 11.8 Å². The van der Waals surface area contributed by atoms with Gasteiger partial charge in [-0.3, -0.25) is 0 Å². The van der Waals surface area contributed by atoms with Gasteiger partial charge >= 0.3 is 0 Å². The lowest BCUT2D eigenvalue weighted by Crippen LogP contribution is -2.24. The fourth-order valence-corrected chi connectivity index (χ4v) is 3.66. The fraction of sp³-hybridized carbons (Fsp3) is 0.400. The zero-order valence-electron chi connectivity index (χ0n) is 11.3. The van der Waals surface area contributed by atoms with Gasteiger partial charge in [-0.2, -0.15) is 0 Å². The van der Waals surface area contributed by atoms with Gasteiger partial charge in [-0.25, -0.2) is 0 Å². The van der Waals surface area contributed by atoms with Crippen molar-refractivity contribution in [2.75, 3.05) is 5.75 Å². The predicted octanol–water partition coefficient (Wildman–Crippen LogP) is 3.62. The topological polar surface area (TPSA) is 38.1 Å². The Morgan fingerprint density at radius 3 is 3.00 bits per heavy atom. The molecule has 0 aliphatic carbocycles. The van der Waals surface area contributed by atoms with E-state index in [0.29, 0.717) is 6.04 Å². The fourth-order valence-electron chi connectivity index (χ4n) is 2.53. The Balaban J connectivity index is 1.75. The molecule has 4 heteroatoms. The van der Waals surface area contributed by atoms with Crippen LogP contribution in [0.1, 0.15) is 35.0 Å². The summed E-state index contributed by atoms with van der Waals surface area (Å²) in [6, 6.07) is 9.11. The molecule has 1 aromatic heterocycles. The molecular weight excluding hydrogens is 256 g/mol. The molecule has 1 N–H and O–H groups in total. The summed E-state index contributed by atoms with van der Waals surface area (Å²) in [6.45, 7) is 4.80. The van der Waals surface area contributed by atoms with E-state index in [4.69, 9.17) is 4.52 Å². The lowest BCUT2D eigenvalue weighted by Gasteiger charge is -2.26. The van der Waals surface area contributed by atoms with Crippen LogP contribution >= 0.6 is 11.8 Å². The van der Waals surface area contributed by atoms with Crippen LogP contribution in [0.2, 0.25) is 0 Å². The van der Waals surface area contributed by atoms with Crippen LogP contribution in [-0.2, 0) is 6.54 Å². The van der Waals surface area contributed by atoms with Gasteiger partial charge in [0, 0.05) is 23.0 Å². The third kappa shape index (κ3) is 2.55. The van der Waals surface area contributed by atoms with Crippen LogP contribution in [0.15, 0.2) is 33.7 Å². The number of fused-ring (bicyclic) bond motifs is 1. The number of nitrogens with zero attached hydrogens (tertiary/aromatic N) is 1. The number of hydrogen-bond acceptors (Lipinski definition) is 4. The lowest BCUT2D eigenvalue weighted by atomic mass is 10.0. The summed E-state index contributed by atoms with van der Waals surface area (Å²) < 4.78 is 5.21. The summed E-state index contributed by atoms with van der Waals surface area (Å²) in [6.07, 6.45) is 1.17. The molecule has 2 heterocycles. The monoisotopic (exact) mass is 274 g/mol. The Morgan fingerprint density at radius 1 is 1.37 bits per heavy atom. The average Bonchev–Trinajstić information content (AvgIpc) is 2.76. The smallest absolute Gasteiger partial charge is 0.138 e. The first-order chi connectivity index (χ1) is 9.25. The van der Waals surface area contributed by atoms with Gasteiger partial charge in [0.1, 0.15) is 5.76 Å². The zero-order chi connectivity index (χ0) is 13.2. The second-order valence-corrected chi connectivity index (χ2v) is 6.05. The van der Waals surface area contributed by atoms with Gasteiger partial charge in [-0.05, 0) is 37.7 Å². The van der Waals surface area contributed by atoms with Gasteiger partial charge in [-0.1, -0.05) is 23.4 Å². The molecular formula is C15H18N2OS. The highest BCUT2D eigenvalue weighted by Crippen LogP contribution is 2.36. The third-order valence-corrected chi connectivity index (χ3v) is 4.79. The van der Waals surface area contributed by atoms with Crippen LogP contribution in [-0.4, -0.2) is 10.9 Å².